The first-order valence-corrected chi connectivity index (χ1v) is 7.20. The molecular formula is C13H21N3OS. The fourth-order valence-electron chi connectivity index (χ4n) is 2.33. The molecule has 5 heteroatoms. The van der Waals surface area contributed by atoms with E-state index in [2.05, 4.69) is 18.9 Å². The number of carbonyl (C=O) groups excluding carboxylic acids is 1. The Labute approximate surface area is 112 Å². The van der Waals surface area contributed by atoms with E-state index < -0.39 is 0 Å². The highest BCUT2D eigenvalue weighted by Gasteiger charge is 2.27. The number of hydrogen-bond acceptors (Lipinski definition) is 4. The van der Waals surface area contributed by atoms with E-state index in [9.17, 15) is 4.79 Å². The average molecular weight is 267 g/mol. The molecule has 1 atom stereocenters. The van der Waals surface area contributed by atoms with Gasteiger partial charge in [-0.1, -0.05) is 6.92 Å². The molecule has 0 radical (unpaired) electrons. The summed E-state index contributed by atoms with van der Waals surface area (Å²) in [4.78, 5) is 18.5. The lowest BCUT2D eigenvalue weighted by atomic mass is 10.1. The Balaban J connectivity index is 2.10. The van der Waals surface area contributed by atoms with E-state index in [1.165, 1.54) is 11.3 Å². The zero-order valence-corrected chi connectivity index (χ0v) is 12.1. The van der Waals surface area contributed by atoms with Crippen molar-refractivity contribution in [3.63, 3.8) is 0 Å². The molecule has 1 aromatic rings. The minimum atomic E-state index is 0.131. The van der Waals surface area contributed by atoms with Crippen molar-refractivity contribution < 1.29 is 4.79 Å². The zero-order valence-electron chi connectivity index (χ0n) is 11.3. The maximum absolute atomic E-state index is 12.4. The monoisotopic (exact) mass is 267 g/mol. The van der Waals surface area contributed by atoms with Gasteiger partial charge in [-0.25, -0.2) is 0 Å². The Morgan fingerprint density at radius 1 is 1.56 bits per heavy atom. The van der Waals surface area contributed by atoms with Crippen molar-refractivity contribution in [3.05, 3.63) is 15.8 Å². The summed E-state index contributed by atoms with van der Waals surface area (Å²) in [5.41, 5.74) is 6.54. The van der Waals surface area contributed by atoms with Crippen LogP contribution < -0.4 is 5.73 Å². The molecule has 2 rings (SSSR count). The van der Waals surface area contributed by atoms with Gasteiger partial charge < -0.3 is 10.6 Å². The molecule has 0 aliphatic carbocycles. The second-order valence-corrected chi connectivity index (χ2v) is 6.17. The van der Waals surface area contributed by atoms with Crippen molar-refractivity contribution in [3.8, 4) is 0 Å². The second-order valence-electron chi connectivity index (χ2n) is 4.92. The van der Waals surface area contributed by atoms with E-state index in [4.69, 9.17) is 5.73 Å². The standard InChI is InChI=1S/C13H21N3OS/c1-4-10-8-16(6-5-15(10)3)13(17)12-7-11(14)9(2)18-12/h7,10H,4-6,8,14H2,1-3H3. The molecule has 1 amide bonds. The molecular weight excluding hydrogens is 246 g/mol. The van der Waals surface area contributed by atoms with Crippen molar-refractivity contribution in [2.75, 3.05) is 32.4 Å². The van der Waals surface area contributed by atoms with Crippen LogP contribution in [0, 0.1) is 6.92 Å². The molecule has 1 unspecified atom stereocenters. The number of carbonyl (C=O) groups is 1. The van der Waals surface area contributed by atoms with Crippen LogP contribution in [0.5, 0.6) is 0 Å². The highest BCUT2D eigenvalue weighted by atomic mass is 32.1. The summed E-state index contributed by atoms with van der Waals surface area (Å²) in [6, 6.07) is 2.28. The lowest BCUT2D eigenvalue weighted by Crippen LogP contribution is -2.52. The highest BCUT2D eigenvalue weighted by molar-refractivity contribution is 7.14. The molecule has 0 aromatic carbocycles. The average Bonchev–Trinajstić information content (AvgIpc) is 2.69. The number of rotatable bonds is 2. The van der Waals surface area contributed by atoms with Gasteiger partial charge in [0.15, 0.2) is 0 Å². The maximum Gasteiger partial charge on any atom is 0.264 e. The predicted molar refractivity (Wildman–Crippen MR) is 76.1 cm³/mol. The highest BCUT2D eigenvalue weighted by Crippen LogP contribution is 2.25. The third-order valence-electron chi connectivity index (χ3n) is 3.70. The van der Waals surface area contributed by atoms with Crippen molar-refractivity contribution in [2.24, 2.45) is 0 Å². The van der Waals surface area contributed by atoms with E-state index in [0.29, 0.717) is 6.04 Å². The van der Waals surface area contributed by atoms with Gasteiger partial charge in [-0.3, -0.25) is 9.69 Å². The van der Waals surface area contributed by atoms with E-state index in [0.717, 1.165) is 41.5 Å². The smallest absolute Gasteiger partial charge is 0.264 e. The lowest BCUT2D eigenvalue weighted by Gasteiger charge is -2.38. The van der Waals surface area contributed by atoms with E-state index in [-0.39, 0.29) is 5.91 Å². The number of aryl methyl sites for hydroxylation is 1. The van der Waals surface area contributed by atoms with Crippen LogP contribution in [0.2, 0.25) is 0 Å². The van der Waals surface area contributed by atoms with Crippen LogP contribution in [-0.2, 0) is 0 Å². The molecule has 18 heavy (non-hydrogen) atoms. The third kappa shape index (κ3) is 2.52. The molecule has 2 heterocycles. The van der Waals surface area contributed by atoms with E-state index in [1.54, 1.807) is 0 Å². The summed E-state index contributed by atoms with van der Waals surface area (Å²) in [6.07, 6.45) is 1.08. The van der Waals surface area contributed by atoms with Crippen LogP contribution in [0.4, 0.5) is 5.69 Å². The predicted octanol–water partition coefficient (Wildman–Crippen LogP) is 1.80. The van der Waals surface area contributed by atoms with Crippen molar-refractivity contribution in [1.29, 1.82) is 0 Å². The van der Waals surface area contributed by atoms with Crippen LogP contribution in [0.15, 0.2) is 6.07 Å². The normalized spacial score (nSPS) is 21.3. The number of anilines is 1. The summed E-state index contributed by atoms with van der Waals surface area (Å²) in [5, 5.41) is 0. The van der Waals surface area contributed by atoms with Crippen molar-refractivity contribution >= 4 is 22.9 Å². The van der Waals surface area contributed by atoms with Crippen LogP contribution in [-0.4, -0.2) is 48.4 Å². The van der Waals surface area contributed by atoms with Gasteiger partial charge in [-0.2, -0.15) is 0 Å². The first kappa shape index (κ1) is 13.4. The van der Waals surface area contributed by atoms with Crippen molar-refractivity contribution in [2.45, 2.75) is 26.3 Å². The topological polar surface area (TPSA) is 49.6 Å². The molecule has 1 fully saturated rings. The van der Waals surface area contributed by atoms with Crippen molar-refractivity contribution in [1.82, 2.24) is 9.80 Å². The van der Waals surface area contributed by atoms with Gasteiger partial charge in [0.2, 0.25) is 0 Å². The third-order valence-corrected chi connectivity index (χ3v) is 4.76. The molecule has 4 nitrogen and oxygen atoms in total. The van der Waals surface area contributed by atoms with Gasteiger partial charge in [-0.05, 0) is 26.5 Å². The molecule has 1 aliphatic heterocycles. The molecule has 1 saturated heterocycles. The minimum absolute atomic E-state index is 0.131. The number of nitrogens with zero attached hydrogens (tertiary/aromatic N) is 2. The summed E-state index contributed by atoms with van der Waals surface area (Å²) in [5.74, 6) is 0.131. The zero-order chi connectivity index (χ0) is 13.3. The molecule has 0 bridgehead atoms. The Kier molecular flexibility index (Phi) is 3.92. The Morgan fingerprint density at radius 3 is 2.83 bits per heavy atom. The van der Waals surface area contributed by atoms with Gasteiger partial charge in [0.25, 0.3) is 5.91 Å². The number of thiophene rings is 1. The van der Waals surface area contributed by atoms with Gasteiger partial charge in [0.05, 0.1) is 4.88 Å². The molecule has 2 N–H and O–H groups in total. The number of amides is 1. The Morgan fingerprint density at radius 2 is 2.28 bits per heavy atom. The first-order valence-electron chi connectivity index (χ1n) is 6.38. The number of hydrogen-bond donors (Lipinski definition) is 1. The number of likely N-dealkylation sites (N-methyl/N-ethyl adjacent to an activating group) is 1. The summed E-state index contributed by atoms with van der Waals surface area (Å²) in [7, 11) is 2.13. The molecule has 100 valence electrons. The Bertz CT molecular complexity index is 424. The SMILES string of the molecule is CCC1CN(C(=O)c2cc(N)c(C)s2)CCN1C. The van der Waals surface area contributed by atoms with E-state index >= 15 is 0 Å². The first-order chi connectivity index (χ1) is 8.52. The fraction of sp³-hybridized carbons (Fsp3) is 0.615. The number of nitrogens with two attached hydrogens (primary N) is 1. The summed E-state index contributed by atoms with van der Waals surface area (Å²) >= 11 is 1.50. The van der Waals surface area contributed by atoms with Gasteiger partial charge in [0, 0.05) is 36.2 Å². The summed E-state index contributed by atoms with van der Waals surface area (Å²) < 4.78 is 0. The van der Waals surface area contributed by atoms with Gasteiger partial charge in [0.1, 0.15) is 0 Å². The molecule has 1 aliphatic rings. The largest absolute Gasteiger partial charge is 0.398 e. The minimum Gasteiger partial charge on any atom is -0.398 e. The van der Waals surface area contributed by atoms with Crippen LogP contribution >= 0.6 is 11.3 Å². The molecule has 0 saturated carbocycles. The molecule has 1 aromatic heterocycles. The second kappa shape index (κ2) is 5.28. The number of piperazine rings is 1. The van der Waals surface area contributed by atoms with Crippen LogP contribution in [0.3, 0.4) is 0 Å². The number of nitrogen functional groups attached to an aromatic ring is 1. The van der Waals surface area contributed by atoms with Gasteiger partial charge >= 0.3 is 0 Å². The Hall–Kier alpha value is -1.07. The fourth-order valence-corrected chi connectivity index (χ4v) is 3.24. The van der Waals surface area contributed by atoms with Crippen LogP contribution in [0.25, 0.3) is 0 Å². The lowest BCUT2D eigenvalue weighted by molar-refractivity contribution is 0.0546. The maximum atomic E-state index is 12.4. The molecule has 0 spiro atoms. The van der Waals surface area contributed by atoms with E-state index in [1.807, 2.05) is 17.9 Å². The van der Waals surface area contributed by atoms with Gasteiger partial charge in [-0.15, -0.1) is 11.3 Å². The summed E-state index contributed by atoms with van der Waals surface area (Å²) in [6.45, 7) is 6.70. The quantitative estimate of drug-likeness (QED) is 0.889. The van der Waals surface area contributed by atoms with Crippen LogP contribution in [0.1, 0.15) is 27.9 Å².